The van der Waals surface area contributed by atoms with Crippen LogP contribution in [0.15, 0.2) is 18.5 Å². The van der Waals surface area contributed by atoms with Gasteiger partial charge in [0.25, 0.3) is 5.91 Å². The van der Waals surface area contributed by atoms with Crippen molar-refractivity contribution < 1.29 is 4.79 Å². The van der Waals surface area contributed by atoms with Crippen LogP contribution in [0.1, 0.15) is 15.9 Å². The van der Waals surface area contributed by atoms with Crippen LogP contribution in [0.5, 0.6) is 0 Å². The highest BCUT2D eigenvalue weighted by molar-refractivity contribution is 5.94. The van der Waals surface area contributed by atoms with Gasteiger partial charge < -0.3 is 15.5 Å². The van der Waals surface area contributed by atoms with E-state index in [-0.39, 0.29) is 5.91 Å². The number of aromatic nitrogens is 1. The Balaban J connectivity index is 2.10. The number of hydrogen-bond donors (Lipinski definition) is 1. The van der Waals surface area contributed by atoms with Gasteiger partial charge in [-0.25, -0.2) is 0 Å². The number of likely N-dealkylation sites (N-methyl/N-ethyl adjacent to an activating group) is 1. The molecule has 1 fully saturated rings. The van der Waals surface area contributed by atoms with Gasteiger partial charge in [0.1, 0.15) is 0 Å². The van der Waals surface area contributed by atoms with Crippen LogP contribution in [0.25, 0.3) is 0 Å². The second kappa shape index (κ2) is 6.32. The monoisotopic (exact) mass is 258 g/mol. The van der Waals surface area contributed by atoms with Gasteiger partial charge in [0.15, 0.2) is 0 Å². The van der Waals surface area contributed by atoms with Crippen LogP contribution in [0.4, 0.5) is 0 Å². The fourth-order valence-electron chi connectivity index (χ4n) is 1.97. The number of amides is 1. The molecule has 0 saturated carbocycles. The number of hydrogen-bond acceptors (Lipinski definition) is 4. The smallest absolute Gasteiger partial charge is 0.255 e. The summed E-state index contributed by atoms with van der Waals surface area (Å²) in [6.07, 6.45) is 3.23. The first-order valence-electron chi connectivity index (χ1n) is 6.32. The van der Waals surface area contributed by atoms with E-state index in [0.29, 0.717) is 12.1 Å². The molecule has 1 aromatic rings. The summed E-state index contributed by atoms with van der Waals surface area (Å²) in [7, 11) is 2.06. The molecule has 19 heavy (non-hydrogen) atoms. The van der Waals surface area contributed by atoms with E-state index in [4.69, 9.17) is 5.73 Å². The Hall–Kier alpha value is -1.90. The number of rotatable bonds is 1. The van der Waals surface area contributed by atoms with Crippen molar-refractivity contribution in [2.75, 3.05) is 39.8 Å². The molecular formula is C14H18N4O. The Bertz CT molecular complexity index is 510. The third-order valence-corrected chi connectivity index (χ3v) is 3.11. The van der Waals surface area contributed by atoms with Crippen LogP contribution >= 0.6 is 0 Å². The van der Waals surface area contributed by atoms with Crippen LogP contribution < -0.4 is 5.73 Å². The first-order valence-corrected chi connectivity index (χ1v) is 6.32. The molecule has 1 aliphatic heterocycles. The normalized spacial score (nSPS) is 15.8. The SMILES string of the molecule is CN1CCN(C(=O)c2cncc(C#CCN)c2)CC1. The van der Waals surface area contributed by atoms with Crippen LogP contribution in [0.2, 0.25) is 0 Å². The zero-order chi connectivity index (χ0) is 13.7. The molecule has 0 aliphatic carbocycles. The van der Waals surface area contributed by atoms with Gasteiger partial charge in [0.2, 0.25) is 0 Å². The van der Waals surface area contributed by atoms with Gasteiger partial charge in [-0.1, -0.05) is 11.8 Å². The minimum atomic E-state index is 0.0250. The maximum atomic E-state index is 12.3. The van der Waals surface area contributed by atoms with Crippen molar-refractivity contribution in [3.8, 4) is 11.8 Å². The van der Waals surface area contributed by atoms with Crippen LogP contribution in [0, 0.1) is 11.8 Å². The second-order valence-corrected chi connectivity index (χ2v) is 4.56. The molecule has 0 aromatic carbocycles. The van der Waals surface area contributed by atoms with E-state index in [1.807, 2.05) is 4.90 Å². The Kier molecular flexibility index (Phi) is 4.50. The van der Waals surface area contributed by atoms with Crippen molar-refractivity contribution >= 4 is 5.91 Å². The molecule has 0 spiro atoms. The Labute approximate surface area is 113 Å². The number of piperazine rings is 1. The molecule has 0 atom stereocenters. The zero-order valence-corrected chi connectivity index (χ0v) is 11.1. The number of carbonyl (C=O) groups is 1. The number of carbonyl (C=O) groups excluding carboxylic acids is 1. The summed E-state index contributed by atoms with van der Waals surface area (Å²) in [6, 6.07) is 1.77. The number of pyridine rings is 1. The summed E-state index contributed by atoms with van der Waals surface area (Å²) in [6.45, 7) is 3.64. The van der Waals surface area contributed by atoms with E-state index in [9.17, 15) is 4.79 Å². The lowest BCUT2D eigenvalue weighted by Gasteiger charge is -2.32. The van der Waals surface area contributed by atoms with Gasteiger partial charge in [-0.3, -0.25) is 9.78 Å². The largest absolute Gasteiger partial charge is 0.336 e. The zero-order valence-electron chi connectivity index (χ0n) is 11.1. The number of nitrogens with zero attached hydrogens (tertiary/aromatic N) is 3. The Morgan fingerprint density at radius 3 is 2.79 bits per heavy atom. The Morgan fingerprint density at radius 1 is 1.37 bits per heavy atom. The van der Waals surface area contributed by atoms with Crippen molar-refractivity contribution in [1.82, 2.24) is 14.8 Å². The van der Waals surface area contributed by atoms with Crippen molar-refractivity contribution in [2.45, 2.75) is 0 Å². The summed E-state index contributed by atoms with van der Waals surface area (Å²) >= 11 is 0. The first kappa shape index (κ1) is 13.5. The first-order chi connectivity index (χ1) is 9.20. The lowest BCUT2D eigenvalue weighted by atomic mass is 10.1. The average Bonchev–Trinajstić information content (AvgIpc) is 2.45. The fraction of sp³-hybridized carbons (Fsp3) is 0.429. The summed E-state index contributed by atoms with van der Waals surface area (Å²) in [5, 5.41) is 0. The number of nitrogens with two attached hydrogens (primary N) is 1. The summed E-state index contributed by atoms with van der Waals surface area (Å²) in [5.41, 5.74) is 6.65. The summed E-state index contributed by atoms with van der Waals surface area (Å²) in [5.74, 6) is 5.68. The van der Waals surface area contributed by atoms with Crippen LogP contribution in [0.3, 0.4) is 0 Å². The van der Waals surface area contributed by atoms with Crippen molar-refractivity contribution in [3.63, 3.8) is 0 Å². The molecule has 0 unspecified atom stereocenters. The van der Waals surface area contributed by atoms with Crippen molar-refractivity contribution in [2.24, 2.45) is 5.73 Å². The molecule has 1 amide bonds. The average molecular weight is 258 g/mol. The van der Waals surface area contributed by atoms with Gasteiger partial charge in [-0.15, -0.1) is 0 Å². The predicted molar refractivity (Wildman–Crippen MR) is 73.6 cm³/mol. The van der Waals surface area contributed by atoms with Crippen LogP contribution in [-0.4, -0.2) is 60.5 Å². The highest BCUT2D eigenvalue weighted by atomic mass is 16.2. The molecule has 1 saturated heterocycles. The van der Waals surface area contributed by atoms with Crippen molar-refractivity contribution in [3.05, 3.63) is 29.6 Å². The quantitative estimate of drug-likeness (QED) is 0.707. The van der Waals surface area contributed by atoms with E-state index in [1.54, 1.807) is 18.5 Å². The molecule has 1 aromatic heterocycles. The van der Waals surface area contributed by atoms with E-state index in [0.717, 1.165) is 31.7 Å². The molecule has 2 heterocycles. The predicted octanol–water partition coefficient (Wildman–Crippen LogP) is -0.221. The molecule has 5 heteroatoms. The van der Waals surface area contributed by atoms with Crippen molar-refractivity contribution in [1.29, 1.82) is 0 Å². The van der Waals surface area contributed by atoms with Crippen LogP contribution in [-0.2, 0) is 0 Å². The minimum absolute atomic E-state index is 0.0250. The highest BCUT2D eigenvalue weighted by Gasteiger charge is 2.20. The standard InChI is InChI=1S/C14H18N4O/c1-17-5-7-18(8-6-17)14(19)13-9-12(3-2-4-15)10-16-11-13/h9-11H,4-8,15H2,1H3. The molecule has 2 N–H and O–H groups in total. The molecular weight excluding hydrogens is 240 g/mol. The topological polar surface area (TPSA) is 62.5 Å². The highest BCUT2D eigenvalue weighted by Crippen LogP contribution is 2.08. The maximum Gasteiger partial charge on any atom is 0.255 e. The lowest BCUT2D eigenvalue weighted by Crippen LogP contribution is -2.47. The minimum Gasteiger partial charge on any atom is -0.336 e. The van der Waals surface area contributed by atoms with Gasteiger partial charge in [0, 0.05) is 44.1 Å². The molecule has 5 nitrogen and oxygen atoms in total. The molecule has 1 aliphatic rings. The third-order valence-electron chi connectivity index (χ3n) is 3.11. The van der Waals surface area contributed by atoms with E-state index in [1.165, 1.54) is 0 Å². The second-order valence-electron chi connectivity index (χ2n) is 4.56. The van der Waals surface area contributed by atoms with Gasteiger partial charge >= 0.3 is 0 Å². The summed E-state index contributed by atoms with van der Waals surface area (Å²) < 4.78 is 0. The van der Waals surface area contributed by atoms with E-state index in [2.05, 4.69) is 28.8 Å². The molecule has 2 rings (SSSR count). The Morgan fingerprint density at radius 2 is 2.11 bits per heavy atom. The summed E-state index contributed by atoms with van der Waals surface area (Å²) in [4.78, 5) is 20.5. The lowest BCUT2D eigenvalue weighted by molar-refractivity contribution is 0.0663. The van der Waals surface area contributed by atoms with Gasteiger partial charge in [0.05, 0.1) is 12.1 Å². The molecule has 0 radical (unpaired) electrons. The van der Waals surface area contributed by atoms with Gasteiger partial charge in [-0.2, -0.15) is 0 Å². The van der Waals surface area contributed by atoms with E-state index < -0.39 is 0 Å². The molecule has 0 bridgehead atoms. The third kappa shape index (κ3) is 3.53. The maximum absolute atomic E-state index is 12.3. The van der Waals surface area contributed by atoms with E-state index >= 15 is 0 Å². The van der Waals surface area contributed by atoms with Gasteiger partial charge in [-0.05, 0) is 13.1 Å². The molecule has 100 valence electrons. The fourth-order valence-corrected chi connectivity index (χ4v) is 1.97.